The van der Waals surface area contributed by atoms with Gasteiger partial charge in [0.05, 0.1) is 0 Å². The van der Waals surface area contributed by atoms with Gasteiger partial charge in [0.2, 0.25) is 5.91 Å². The molecule has 1 aromatic rings. The first kappa shape index (κ1) is 16.3. The topological polar surface area (TPSA) is 84.9 Å². The van der Waals surface area contributed by atoms with E-state index in [2.05, 4.69) is 5.32 Å². The number of rotatable bonds is 7. The van der Waals surface area contributed by atoms with Gasteiger partial charge in [-0.05, 0) is 37.0 Å². The Hall–Kier alpha value is -2.08. The molecular formula is C16H21NO5. The molecule has 0 saturated carbocycles. The van der Waals surface area contributed by atoms with Gasteiger partial charge in [0.25, 0.3) is 0 Å². The second-order valence-electron chi connectivity index (χ2n) is 5.25. The van der Waals surface area contributed by atoms with Crippen LogP contribution in [0.1, 0.15) is 18.4 Å². The Morgan fingerprint density at radius 2 is 1.91 bits per heavy atom. The quantitative estimate of drug-likeness (QED) is 0.791. The van der Waals surface area contributed by atoms with Gasteiger partial charge < -0.3 is 19.9 Å². The average Bonchev–Trinajstić information content (AvgIpc) is 2.55. The fourth-order valence-electron chi connectivity index (χ4n) is 2.33. The standard InChI is InChI=1S/C16H21NO5/c18-15(19)11-22-14-3-1-12(2-4-14)5-8-17-16(20)13-6-9-21-10-7-13/h1-4,13H,5-11H2,(H,17,20)(H,18,19). The first-order valence-corrected chi connectivity index (χ1v) is 7.44. The highest BCUT2D eigenvalue weighted by Gasteiger charge is 2.20. The molecule has 1 aromatic carbocycles. The molecule has 1 heterocycles. The highest BCUT2D eigenvalue weighted by molar-refractivity contribution is 5.78. The smallest absolute Gasteiger partial charge is 0.341 e. The second kappa shape index (κ2) is 8.38. The second-order valence-corrected chi connectivity index (χ2v) is 5.25. The van der Waals surface area contributed by atoms with E-state index >= 15 is 0 Å². The molecule has 0 bridgehead atoms. The molecule has 0 radical (unpaired) electrons. The molecule has 22 heavy (non-hydrogen) atoms. The van der Waals surface area contributed by atoms with Crippen molar-refractivity contribution in [1.82, 2.24) is 5.32 Å². The van der Waals surface area contributed by atoms with E-state index in [9.17, 15) is 9.59 Å². The molecule has 1 aliphatic heterocycles. The van der Waals surface area contributed by atoms with Crippen LogP contribution in [0.3, 0.4) is 0 Å². The van der Waals surface area contributed by atoms with Gasteiger partial charge in [0, 0.05) is 25.7 Å². The molecule has 1 saturated heterocycles. The number of carboxylic acid groups (broad SMARTS) is 1. The number of nitrogens with one attached hydrogen (secondary N) is 1. The van der Waals surface area contributed by atoms with Crippen molar-refractivity contribution in [2.45, 2.75) is 19.3 Å². The fourth-order valence-corrected chi connectivity index (χ4v) is 2.33. The van der Waals surface area contributed by atoms with Crippen LogP contribution in [-0.2, 0) is 20.7 Å². The Kier molecular flexibility index (Phi) is 6.21. The van der Waals surface area contributed by atoms with Crippen LogP contribution in [0.5, 0.6) is 5.75 Å². The molecule has 2 N–H and O–H groups in total. The molecule has 6 nitrogen and oxygen atoms in total. The van der Waals surface area contributed by atoms with Crippen LogP contribution in [0.25, 0.3) is 0 Å². The third-order valence-electron chi connectivity index (χ3n) is 3.59. The van der Waals surface area contributed by atoms with Crippen molar-refractivity contribution in [3.8, 4) is 5.75 Å². The summed E-state index contributed by atoms with van der Waals surface area (Å²) < 4.78 is 10.3. The van der Waals surface area contributed by atoms with E-state index in [1.165, 1.54) is 0 Å². The van der Waals surface area contributed by atoms with E-state index in [4.69, 9.17) is 14.6 Å². The predicted octanol–water partition coefficient (Wildman–Crippen LogP) is 1.24. The number of ether oxygens (including phenoxy) is 2. The molecule has 0 atom stereocenters. The molecule has 0 aliphatic carbocycles. The van der Waals surface area contributed by atoms with Gasteiger partial charge in [-0.25, -0.2) is 4.79 Å². The molecule has 0 unspecified atom stereocenters. The Labute approximate surface area is 129 Å². The monoisotopic (exact) mass is 307 g/mol. The zero-order valence-corrected chi connectivity index (χ0v) is 12.4. The van der Waals surface area contributed by atoms with Gasteiger partial charge in [0.1, 0.15) is 5.75 Å². The normalized spacial score (nSPS) is 15.3. The van der Waals surface area contributed by atoms with Gasteiger partial charge in [-0.2, -0.15) is 0 Å². The molecule has 1 amide bonds. The van der Waals surface area contributed by atoms with Crippen LogP contribution < -0.4 is 10.1 Å². The summed E-state index contributed by atoms with van der Waals surface area (Å²) in [7, 11) is 0. The molecule has 1 aliphatic rings. The van der Waals surface area contributed by atoms with Crippen molar-refractivity contribution in [1.29, 1.82) is 0 Å². The van der Waals surface area contributed by atoms with Crippen molar-refractivity contribution in [2.75, 3.05) is 26.4 Å². The summed E-state index contributed by atoms with van der Waals surface area (Å²) >= 11 is 0. The van der Waals surface area contributed by atoms with Gasteiger partial charge >= 0.3 is 5.97 Å². The highest BCUT2D eigenvalue weighted by Crippen LogP contribution is 2.15. The number of hydrogen-bond donors (Lipinski definition) is 2. The van der Waals surface area contributed by atoms with Crippen molar-refractivity contribution >= 4 is 11.9 Å². The molecule has 6 heteroatoms. The van der Waals surface area contributed by atoms with Crippen LogP contribution >= 0.6 is 0 Å². The Balaban J connectivity index is 1.70. The average molecular weight is 307 g/mol. The number of carbonyl (C=O) groups excluding carboxylic acids is 1. The van der Waals surface area contributed by atoms with Crippen LogP contribution in [0.4, 0.5) is 0 Å². The van der Waals surface area contributed by atoms with Crippen molar-refractivity contribution < 1.29 is 24.2 Å². The molecule has 2 rings (SSSR count). The summed E-state index contributed by atoms with van der Waals surface area (Å²) in [5.74, 6) is -0.303. The highest BCUT2D eigenvalue weighted by atomic mass is 16.5. The van der Waals surface area contributed by atoms with Crippen LogP contribution in [0.15, 0.2) is 24.3 Å². The first-order chi connectivity index (χ1) is 10.6. The van der Waals surface area contributed by atoms with E-state index in [1.807, 2.05) is 12.1 Å². The van der Waals surface area contributed by atoms with Gasteiger partial charge in [0.15, 0.2) is 6.61 Å². The number of carboxylic acids is 1. The van der Waals surface area contributed by atoms with Crippen molar-refractivity contribution in [2.24, 2.45) is 5.92 Å². The maximum atomic E-state index is 11.9. The number of carbonyl (C=O) groups is 2. The Morgan fingerprint density at radius 1 is 1.23 bits per heavy atom. The lowest BCUT2D eigenvalue weighted by molar-refractivity contribution is -0.139. The SMILES string of the molecule is O=C(O)COc1ccc(CCNC(=O)C2CCOCC2)cc1. The fraction of sp³-hybridized carbons (Fsp3) is 0.500. The number of benzene rings is 1. The Bertz CT molecular complexity index is 494. The lowest BCUT2D eigenvalue weighted by Gasteiger charge is -2.21. The number of aliphatic carboxylic acids is 1. The van der Waals surface area contributed by atoms with Crippen molar-refractivity contribution in [3.63, 3.8) is 0 Å². The third-order valence-corrected chi connectivity index (χ3v) is 3.59. The maximum absolute atomic E-state index is 11.9. The van der Waals surface area contributed by atoms with Gasteiger partial charge in [-0.15, -0.1) is 0 Å². The minimum Gasteiger partial charge on any atom is -0.482 e. The Morgan fingerprint density at radius 3 is 2.55 bits per heavy atom. The van der Waals surface area contributed by atoms with E-state index in [1.54, 1.807) is 12.1 Å². The number of hydrogen-bond acceptors (Lipinski definition) is 4. The van der Waals surface area contributed by atoms with Gasteiger partial charge in [-0.3, -0.25) is 4.79 Å². The predicted molar refractivity (Wildman–Crippen MR) is 79.8 cm³/mol. The van der Waals surface area contributed by atoms with Crippen molar-refractivity contribution in [3.05, 3.63) is 29.8 Å². The summed E-state index contributed by atoms with van der Waals surface area (Å²) in [6.07, 6.45) is 2.32. The first-order valence-electron chi connectivity index (χ1n) is 7.44. The zero-order chi connectivity index (χ0) is 15.8. The molecule has 0 spiro atoms. The minimum absolute atomic E-state index is 0.0699. The molecule has 1 fully saturated rings. The van der Waals surface area contributed by atoms with Crippen LogP contribution in [0.2, 0.25) is 0 Å². The molecule has 0 aromatic heterocycles. The van der Waals surface area contributed by atoms with Crippen LogP contribution in [-0.4, -0.2) is 43.3 Å². The van der Waals surface area contributed by atoms with E-state index in [0.717, 1.165) is 24.8 Å². The lowest BCUT2D eigenvalue weighted by Crippen LogP contribution is -2.35. The molecular weight excluding hydrogens is 286 g/mol. The van der Waals surface area contributed by atoms with E-state index in [0.29, 0.717) is 25.5 Å². The summed E-state index contributed by atoms with van der Waals surface area (Å²) in [4.78, 5) is 22.4. The van der Waals surface area contributed by atoms with Gasteiger partial charge in [-0.1, -0.05) is 12.1 Å². The largest absolute Gasteiger partial charge is 0.482 e. The zero-order valence-electron chi connectivity index (χ0n) is 12.4. The summed E-state index contributed by atoms with van der Waals surface area (Å²) in [5.41, 5.74) is 1.06. The van der Waals surface area contributed by atoms with E-state index < -0.39 is 5.97 Å². The lowest BCUT2D eigenvalue weighted by atomic mass is 9.99. The summed E-state index contributed by atoms with van der Waals surface area (Å²) in [5, 5.41) is 11.5. The molecule has 120 valence electrons. The third kappa shape index (κ3) is 5.37. The maximum Gasteiger partial charge on any atom is 0.341 e. The minimum atomic E-state index is -1.00. The van der Waals surface area contributed by atoms with Crippen LogP contribution in [0, 0.1) is 5.92 Å². The summed E-state index contributed by atoms with van der Waals surface area (Å²) in [6, 6.07) is 7.21. The summed E-state index contributed by atoms with van der Waals surface area (Å²) in [6.45, 7) is 1.57. The number of amides is 1. The van der Waals surface area contributed by atoms with E-state index in [-0.39, 0.29) is 18.4 Å².